The second-order valence-corrected chi connectivity index (χ2v) is 5.04. The first-order chi connectivity index (χ1) is 11.5. The third kappa shape index (κ3) is 2.72. The van der Waals surface area contributed by atoms with Crippen LogP contribution in [0.2, 0.25) is 0 Å². The van der Waals surface area contributed by atoms with Gasteiger partial charge in [0.1, 0.15) is 11.3 Å². The van der Waals surface area contributed by atoms with E-state index >= 15 is 0 Å². The van der Waals surface area contributed by atoms with Crippen LogP contribution < -0.4 is 0 Å². The number of hydrogen-bond acceptors (Lipinski definition) is 5. The second kappa shape index (κ2) is 5.92. The van der Waals surface area contributed by atoms with Crippen LogP contribution in [0.15, 0.2) is 52.8 Å². The Morgan fingerprint density at radius 2 is 1.83 bits per heavy atom. The molecule has 2 aromatic heterocycles. The molecule has 8 nitrogen and oxygen atoms in total. The molecule has 24 heavy (non-hydrogen) atoms. The first kappa shape index (κ1) is 15.3. The van der Waals surface area contributed by atoms with Gasteiger partial charge in [-0.2, -0.15) is 0 Å². The minimum Gasteiger partial charge on any atom is -0.478 e. The summed E-state index contributed by atoms with van der Waals surface area (Å²) in [5.74, 6) is -2.36. The molecule has 3 aromatic rings. The largest absolute Gasteiger partial charge is 0.478 e. The van der Waals surface area contributed by atoms with E-state index in [9.17, 15) is 14.7 Å². The minimum absolute atomic E-state index is 0.0252. The van der Waals surface area contributed by atoms with Crippen LogP contribution in [0.25, 0.3) is 5.65 Å². The number of aromatic nitrogens is 2. The van der Waals surface area contributed by atoms with Gasteiger partial charge < -0.3 is 10.2 Å². The molecule has 0 bridgehead atoms. The topological polar surface area (TPSA) is 117 Å². The molecule has 0 aliphatic heterocycles. The third-order valence-corrected chi connectivity index (χ3v) is 3.35. The lowest BCUT2D eigenvalue weighted by molar-refractivity contribution is 0.0683. The van der Waals surface area contributed by atoms with Gasteiger partial charge in [0, 0.05) is 6.20 Å². The summed E-state index contributed by atoms with van der Waals surface area (Å²) in [5, 5.41) is 26.3. The highest BCUT2D eigenvalue weighted by Gasteiger charge is 2.18. The summed E-state index contributed by atoms with van der Waals surface area (Å²) in [6.45, 7) is 1.86. The molecule has 0 saturated heterocycles. The average Bonchev–Trinajstić information content (AvgIpc) is 2.91. The van der Waals surface area contributed by atoms with Crippen molar-refractivity contribution >= 4 is 29.1 Å². The second-order valence-electron chi connectivity index (χ2n) is 5.04. The van der Waals surface area contributed by atoms with Crippen LogP contribution in [0.5, 0.6) is 0 Å². The molecule has 0 aliphatic rings. The number of pyridine rings is 1. The van der Waals surface area contributed by atoms with Gasteiger partial charge in [0.25, 0.3) is 0 Å². The quantitative estimate of drug-likeness (QED) is 0.713. The third-order valence-electron chi connectivity index (χ3n) is 3.35. The summed E-state index contributed by atoms with van der Waals surface area (Å²) in [4.78, 5) is 26.6. The fraction of sp³-hybridized carbons (Fsp3) is 0.0625. The van der Waals surface area contributed by atoms with Crippen LogP contribution in [0, 0.1) is 6.92 Å². The smallest absolute Gasteiger partial charge is 0.358 e. The predicted octanol–water partition coefficient (Wildman–Crippen LogP) is 3.45. The zero-order chi connectivity index (χ0) is 17.3. The van der Waals surface area contributed by atoms with E-state index in [1.807, 2.05) is 6.92 Å². The van der Waals surface area contributed by atoms with Gasteiger partial charge in [0.2, 0.25) is 0 Å². The number of carboxylic acid groups (broad SMARTS) is 2. The molecule has 0 spiro atoms. The van der Waals surface area contributed by atoms with Gasteiger partial charge in [-0.1, -0.05) is 12.1 Å². The van der Waals surface area contributed by atoms with E-state index in [-0.39, 0.29) is 22.8 Å². The Kier molecular flexibility index (Phi) is 3.78. The molecule has 0 amide bonds. The number of fused-ring (bicyclic) bond motifs is 1. The van der Waals surface area contributed by atoms with Gasteiger partial charge in [-0.15, -0.1) is 10.2 Å². The van der Waals surface area contributed by atoms with E-state index < -0.39 is 11.9 Å². The molecule has 0 aliphatic carbocycles. The highest BCUT2D eigenvalue weighted by Crippen LogP contribution is 2.26. The fourth-order valence-electron chi connectivity index (χ4n) is 2.22. The molecular formula is C16H12N4O4. The zero-order valence-corrected chi connectivity index (χ0v) is 12.5. The summed E-state index contributed by atoms with van der Waals surface area (Å²) in [6, 6.07) is 9.58. The molecule has 0 radical (unpaired) electrons. The van der Waals surface area contributed by atoms with Crippen molar-refractivity contribution in [1.82, 2.24) is 9.38 Å². The Balaban J connectivity index is 2.15. The molecule has 3 rings (SSSR count). The molecular weight excluding hydrogens is 312 g/mol. The Hall–Kier alpha value is -3.55. The summed E-state index contributed by atoms with van der Waals surface area (Å²) >= 11 is 0. The molecule has 2 heterocycles. The van der Waals surface area contributed by atoms with Gasteiger partial charge in [0.15, 0.2) is 11.5 Å². The summed E-state index contributed by atoms with van der Waals surface area (Å²) in [7, 11) is 0. The van der Waals surface area contributed by atoms with E-state index in [0.29, 0.717) is 5.65 Å². The van der Waals surface area contributed by atoms with E-state index in [0.717, 1.165) is 5.56 Å². The lowest BCUT2D eigenvalue weighted by Crippen LogP contribution is -1.97. The highest BCUT2D eigenvalue weighted by atomic mass is 16.4. The molecule has 0 atom stereocenters. The van der Waals surface area contributed by atoms with E-state index in [1.165, 1.54) is 16.5 Å². The number of carboxylic acids is 2. The molecule has 2 N–H and O–H groups in total. The molecule has 0 saturated carbocycles. The van der Waals surface area contributed by atoms with Gasteiger partial charge in [-0.05, 0) is 36.8 Å². The SMILES string of the molecule is Cc1ccn2c(N=Nc3ccccc3C(=O)O)c(C(=O)O)nc2c1. The monoisotopic (exact) mass is 324 g/mol. The number of carbonyl (C=O) groups is 2. The number of benzene rings is 1. The van der Waals surface area contributed by atoms with Crippen molar-refractivity contribution in [2.75, 3.05) is 0 Å². The lowest BCUT2D eigenvalue weighted by Gasteiger charge is -2.00. The van der Waals surface area contributed by atoms with E-state index in [4.69, 9.17) is 5.11 Å². The van der Waals surface area contributed by atoms with Crippen LogP contribution in [-0.4, -0.2) is 31.5 Å². The van der Waals surface area contributed by atoms with Gasteiger partial charge in [-0.3, -0.25) is 4.40 Å². The van der Waals surface area contributed by atoms with Crippen molar-refractivity contribution in [3.05, 3.63) is 59.4 Å². The minimum atomic E-state index is -1.24. The zero-order valence-electron chi connectivity index (χ0n) is 12.5. The van der Waals surface area contributed by atoms with Crippen molar-refractivity contribution in [2.24, 2.45) is 10.2 Å². The molecule has 0 fully saturated rings. The predicted molar refractivity (Wildman–Crippen MR) is 84.5 cm³/mol. The molecule has 8 heteroatoms. The first-order valence-electron chi connectivity index (χ1n) is 6.93. The van der Waals surface area contributed by atoms with Gasteiger partial charge >= 0.3 is 11.9 Å². The standard InChI is InChI=1S/C16H12N4O4/c1-9-6-7-20-12(8-9)17-13(16(23)24)14(20)19-18-11-5-3-2-4-10(11)15(21)22/h2-8H,1H3,(H,21,22)(H,23,24). The number of hydrogen-bond donors (Lipinski definition) is 2. The van der Waals surface area contributed by atoms with Crippen LogP contribution in [-0.2, 0) is 0 Å². The number of azo groups is 1. The number of aromatic carboxylic acids is 2. The summed E-state index contributed by atoms with van der Waals surface area (Å²) in [6.07, 6.45) is 1.64. The van der Waals surface area contributed by atoms with Gasteiger partial charge in [0.05, 0.1) is 5.56 Å². The Labute approximate surface area is 135 Å². The summed E-state index contributed by atoms with van der Waals surface area (Å²) < 4.78 is 1.49. The number of aryl methyl sites for hydroxylation is 1. The normalized spacial score (nSPS) is 11.2. The van der Waals surface area contributed by atoms with Crippen LogP contribution in [0.3, 0.4) is 0 Å². The van der Waals surface area contributed by atoms with Crippen LogP contribution in [0.4, 0.5) is 11.5 Å². The number of imidazole rings is 1. The van der Waals surface area contributed by atoms with Crippen molar-refractivity contribution in [1.29, 1.82) is 0 Å². The average molecular weight is 324 g/mol. The van der Waals surface area contributed by atoms with Crippen molar-refractivity contribution in [2.45, 2.75) is 6.92 Å². The van der Waals surface area contributed by atoms with E-state index in [1.54, 1.807) is 30.5 Å². The Morgan fingerprint density at radius 1 is 1.08 bits per heavy atom. The maximum atomic E-state index is 11.4. The van der Waals surface area contributed by atoms with Crippen molar-refractivity contribution in [3.63, 3.8) is 0 Å². The van der Waals surface area contributed by atoms with E-state index in [2.05, 4.69) is 15.2 Å². The maximum absolute atomic E-state index is 11.4. The summed E-state index contributed by atoms with van der Waals surface area (Å²) in [5.41, 5.74) is 1.19. The van der Waals surface area contributed by atoms with Crippen LogP contribution >= 0.6 is 0 Å². The lowest BCUT2D eigenvalue weighted by atomic mass is 10.2. The Bertz CT molecular complexity index is 991. The molecule has 1 aromatic carbocycles. The van der Waals surface area contributed by atoms with Crippen LogP contribution in [0.1, 0.15) is 26.4 Å². The molecule has 0 unspecified atom stereocenters. The number of nitrogens with zero attached hydrogens (tertiary/aromatic N) is 4. The molecule has 120 valence electrons. The number of rotatable bonds is 4. The van der Waals surface area contributed by atoms with Crippen molar-refractivity contribution < 1.29 is 19.8 Å². The highest BCUT2D eigenvalue weighted by molar-refractivity contribution is 5.93. The Morgan fingerprint density at radius 3 is 2.54 bits per heavy atom. The van der Waals surface area contributed by atoms with Crippen molar-refractivity contribution in [3.8, 4) is 0 Å². The fourth-order valence-corrected chi connectivity index (χ4v) is 2.22. The first-order valence-corrected chi connectivity index (χ1v) is 6.93. The van der Waals surface area contributed by atoms with Gasteiger partial charge in [-0.25, -0.2) is 14.6 Å². The maximum Gasteiger partial charge on any atom is 0.358 e.